The number of hydrogen-bond donors (Lipinski definition) is 0. The fraction of sp³-hybridized carbons (Fsp3) is 0.722. The van der Waals surface area contributed by atoms with E-state index in [0.717, 1.165) is 0 Å². The first-order chi connectivity index (χ1) is 12.4. The van der Waals surface area contributed by atoms with Crippen molar-refractivity contribution in [2.75, 3.05) is 26.4 Å². The number of carbonyl (C=O) groups is 5. The third kappa shape index (κ3) is 29.5. The average Bonchev–Trinajstić information content (AvgIpc) is 2.58. The van der Waals surface area contributed by atoms with Crippen molar-refractivity contribution in [2.24, 2.45) is 5.92 Å². The normalized spacial score (nSPS) is 9.36. The molecular weight excluding hydrogens is 383 g/mol. The van der Waals surface area contributed by atoms with E-state index < -0.39 is 11.9 Å². The Kier molecular flexibility index (Phi) is 40.7. The smallest absolute Gasteiger partial charge is 1.00 e. The Morgan fingerprint density at radius 1 is 0.893 bits per heavy atom. The number of aldehydes is 2. The Hall–Kier alpha value is -1.29. The molecule has 0 saturated heterocycles. The van der Waals surface area contributed by atoms with Gasteiger partial charge in [0.15, 0.2) is 5.92 Å². The molecule has 0 aliphatic heterocycles. The van der Waals surface area contributed by atoms with Crippen LogP contribution in [0.5, 0.6) is 0 Å². The van der Waals surface area contributed by atoms with Gasteiger partial charge in [0.2, 0.25) is 0 Å². The van der Waals surface area contributed by atoms with Crippen molar-refractivity contribution in [1.29, 1.82) is 0 Å². The maximum Gasteiger partial charge on any atom is 1.00 e. The standard InChI is InChI=1S/C8H16O3.C6H8O4.C3H6O2.CH4.Na.H/c1-4-10-7(3)6-8(9)11-5-2;1-2-10-6(9)5(3-7)4-8;1-2-5-3-4;;;/h7H,4-6H2,1-3H3;3-5H,2H2,1H3;3H,2H2,1H3;1H4;;/q;;;;+1;-1. The number of esters is 2. The van der Waals surface area contributed by atoms with Gasteiger partial charge >= 0.3 is 41.5 Å². The maximum absolute atomic E-state index is 10.8. The van der Waals surface area contributed by atoms with Crippen molar-refractivity contribution in [3.63, 3.8) is 0 Å². The zero-order valence-electron chi connectivity index (χ0n) is 18.1. The van der Waals surface area contributed by atoms with E-state index in [2.05, 4.69) is 9.47 Å². The van der Waals surface area contributed by atoms with E-state index in [9.17, 15) is 24.0 Å². The average molecular weight is 418 g/mol. The quantitative estimate of drug-likeness (QED) is 0.135. The van der Waals surface area contributed by atoms with Crippen LogP contribution in [0.15, 0.2) is 0 Å². The second kappa shape index (κ2) is 30.4. The summed E-state index contributed by atoms with van der Waals surface area (Å²) in [4.78, 5) is 50.4. The van der Waals surface area contributed by atoms with Crippen LogP contribution < -0.4 is 29.6 Å². The molecule has 0 saturated carbocycles. The molecule has 28 heavy (non-hydrogen) atoms. The second-order valence-electron chi connectivity index (χ2n) is 4.38. The van der Waals surface area contributed by atoms with Gasteiger partial charge in [-0.15, -0.1) is 0 Å². The van der Waals surface area contributed by atoms with E-state index in [0.29, 0.717) is 32.7 Å². The van der Waals surface area contributed by atoms with E-state index in [4.69, 9.17) is 9.47 Å². The molecule has 0 aromatic rings. The van der Waals surface area contributed by atoms with Crippen molar-refractivity contribution in [2.45, 2.75) is 54.6 Å². The first kappa shape index (κ1) is 37.5. The predicted octanol–water partition coefficient (Wildman–Crippen LogP) is -1.14. The SMILES string of the molecule is C.CCOC(=O)C(C=O)C=O.CCOC(=O)CC(C)OCC.CCOC=O.[H-].[Na+]. The summed E-state index contributed by atoms with van der Waals surface area (Å²) in [6.45, 7) is 11.1. The molecule has 0 aliphatic carbocycles. The molecule has 0 heterocycles. The molecule has 0 bridgehead atoms. The Bertz CT molecular complexity index is 388. The van der Waals surface area contributed by atoms with Crippen LogP contribution in [-0.4, -0.2) is 63.5 Å². The number of hydrogen-bond acceptors (Lipinski definition) is 9. The van der Waals surface area contributed by atoms with Crippen LogP contribution in [0.25, 0.3) is 0 Å². The molecule has 0 fully saturated rings. The molecule has 0 spiro atoms. The summed E-state index contributed by atoms with van der Waals surface area (Å²) in [6.07, 6.45) is 0.830. The van der Waals surface area contributed by atoms with Gasteiger partial charge in [-0.2, -0.15) is 0 Å². The van der Waals surface area contributed by atoms with Crippen LogP contribution in [0.2, 0.25) is 0 Å². The van der Waals surface area contributed by atoms with Gasteiger partial charge in [0.05, 0.1) is 32.3 Å². The van der Waals surface area contributed by atoms with Crippen molar-refractivity contribution < 1.29 is 73.9 Å². The summed E-state index contributed by atoms with van der Waals surface area (Å²) in [5, 5.41) is 0. The van der Waals surface area contributed by atoms with Gasteiger partial charge < -0.3 is 30.0 Å². The van der Waals surface area contributed by atoms with E-state index in [-0.39, 0.29) is 69.7 Å². The van der Waals surface area contributed by atoms with E-state index in [1.165, 1.54) is 0 Å². The van der Waals surface area contributed by atoms with Gasteiger partial charge in [-0.3, -0.25) is 14.4 Å². The fourth-order valence-corrected chi connectivity index (χ4v) is 1.25. The number of carbonyl (C=O) groups excluding carboxylic acids is 5. The largest absolute Gasteiger partial charge is 1.00 e. The molecule has 0 N–H and O–H groups in total. The summed E-state index contributed by atoms with van der Waals surface area (Å²) in [5.41, 5.74) is 0. The summed E-state index contributed by atoms with van der Waals surface area (Å²) in [6, 6.07) is 0. The topological polar surface area (TPSA) is 122 Å². The number of rotatable bonds is 11. The van der Waals surface area contributed by atoms with Gasteiger partial charge in [0.1, 0.15) is 12.6 Å². The van der Waals surface area contributed by atoms with Crippen LogP contribution in [0.3, 0.4) is 0 Å². The first-order valence-corrected chi connectivity index (χ1v) is 8.27. The zero-order valence-corrected chi connectivity index (χ0v) is 19.1. The Labute approximate surface area is 191 Å². The summed E-state index contributed by atoms with van der Waals surface area (Å²) in [5.74, 6) is -2.22. The Morgan fingerprint density at radius 3 is 1.68 bits per heavy atom. The molecule has 0 aliphatic rings. The van der Waals surface area contributed by atoms with E-state index in [1.807, 2.05) is 13.8 Å². The molecule has 0 aromatic heterocycles. The monoisotopic (exact) mass is 418 g/mol. The van der Waals surface area contributed by atoms with E-state index >= 15 is 0 Å². The molecule has 162 valence electrons. The third-order valence-corrected chi connectivity index (χ3v) is 2.30. The summed E-state index contributed by atoms with van der Waals surface area (Å²) < 4.78 is 18.4. The Balaban J connectivity index is -0.0000000688. The maximum atomic E-state index is 10.8. The van der Waals surface area contributed by atoms with Crippen LogP contribution in [-0.2, 0) is 42.9 Å². The second-order valence-corrected chi connectivity index (χ2v) is 4.38. The van der Waals surface area contributed by atoms with Gasteiger partial charge in [-0.1, -0.05) is 7.43 Å². The summed E-state index contributed by atoms with van der Waals surface area (Å²) >= 11 is 0. The molecular formula is C18H35NaO9. The summed E-state index contributed by atoms with van der Waals surface area (Å²) in [7, 11) is 0. The molecule has 0 amide bonds. The van der Waals surface area contributed by atoms with Gasteiger partial charge in [0.25, 0.3) is 6.47 Å². The van der Waals surface area contributed by atoms with Crippen LogP contribution in [0.1, 0.15) is 49.9 Å². The van der Waals surface area contributed by atoms with Crippen LogP contribution in [0.4, 0.5) is 0 Å². The minimum Gasteiger partial charge on any atom is -1.00 e. The van der Waals surface area contributed by atoms with Gasteiger partial charge in [-0.25, -0.2) is 0 Å². The van der Waals surface area contributed by atoms with Crippen LogP contribution >= 0.6 is 0 Å². The molecule has 0 rings (SSSR count). The van der Waals surface area contributed by atoms with Crippen molar-refractivity contribution in [1.82, 2.24) is 0 Å². The van der Waals surface area contributed by atoms with Crippen molar-refractivity contribution >= 4 is 31.0 Å². The third-order valence-electron chi connectivity index (χ3n) is 2.30. The molecule has 10 heteroatoms. The fourth-order valence-electron chi connectivity index (χ4n) is 1.25. The molecule has 1 atom stereocenters. The van der Waals surface area contributed by atoms with Crippen molar-refractivity contribution in [3.8, 4) is 0 Å². The minimum atomic E-state index is -1.25. The molecule has 0 radical (unpaired) electrons. The Morgan fingerprint density at radius 2 is 1.39 bits per heavy atom. The zero-order chi connectivity index (χ0) is 20.8. The predicted molar refractivity (Wildman–Crippen MR) is 100 cm³/mol. The van der Waals surface area contributed by atoms with Gasteiger partial charge in [-0.05, 0) is 34.6 Å². The van der Waals surface area contributed by atoms with Crippen LogP contribution in [0, 0.1) is 5.92 Å². The van der Waals surface area contributed by atoms with Gasteiger partial charge in [0, 0.05) is 6.61 Å². The molecule has 1 unspecified atom stereocenters. The van der Waals surface area contributed by atoms with Crippen molar-refractivity contribution in [3.05, 3.63) is 0 Å². The minimum absolute atomic E-state index is 0. The van der Waals surface area contributed by atoms with E-state index in [1.54, 1.807) is 20.8 Å². The number of ether oxygens (including phenoxy) is 4. The molecule has 0 aromatic carbocycles. The molecule has 9 nitrogen and oxygen atoms in total. The first-order valence-electron chi connectivity index (χ1n) is 8.27.